The first kappa shape index (κ1) is 17.2. The van der Waals surface area contributed by atoms with Crippen LogP contribution in [0, 0.1) is 0 Å². The Morgan fingerprint density at radius 1 is 1.31 bits per heavy atom. The zero-order chi connectivity index (χ0) is 18.3. The van der Waals surface area contributed by atoms with E-state index in [1.54, 1.807) is 42.5 Å². The van der Waals surface area contributed by atoms with Gasteiger partial charge in [0.05, 0.1) is 22.4 Å². The minimum Gasteiger partial charge on any atom is -0.323 e. The van der Waals surface area contributed by atoms with Crippen molar-refractivity contribution >= 4 is 44.7 Å². The number of fused-ring (bicyclic) bond motifs is 3. The number of nitrogens with zero attached hydrogens (tertiary/aromatic N) is 2. The van der Waals surface area contributed by atoms with E-state index in [0.29, 0.717) is 16.1 Å². The molecule has 26 heavy (non-hydrogen) atoms. The molecule has 1 atom stereocenters. The number of amides is 1. The molecule has 5 nitrogen and oxygen atoms in total. The third kappa shape index (κ3) is 2.93. The highest BCUT2D eigenvalue weighted by Gasteiger charge is 2.23. The lowest BCUT2D eigenvalue weighted by Gasteiger charge is -2.16. The van der Waals surface area contributed by atoms with Gasteiger partial charge in [0.15, 0.2) is 0 Å². The maximum Gasteiger partial charge on any atom is 0.263 e. The second-order valence-corrected chi connectivity index (χ2v) is 7.98. The van der Waals surface area contributed by atoms with E-state index in [9.17, 15) is 9.59 Å². The van der Waals surface area contributed by atoms with Gasteiger partial charge in [-0.2, -0.15) is 0 Å². The number of rotatable bonds is 3. The maximum atomic E-state index is 13.1. The van der Waals surface area contributed by atoms with Crippen LogP contribution >= 0.6 is 22.9 Å². The number of thiophene rings is 1. The molecule has 134 valence electrons. The molecule has 2 heterocycles. The molecule has 1 unspecified atom stereocenters. The van der Waals surface area contributed by atoms with Crippen molar-refractivity contribution in [2.75, 3.05) is 5.32 Å². The Morgan fingerprint density at radius 2 is 2.08 bits per heavy atom. The number of benzene rings is 1. The van der Waals surface area contributed by atoms with Crippen LogP contribution in [0.4, 0.5) is 5.69 Å². The standard InChI is InChI=1S/C19H18ClN3O2S/c1-11(17(24)22-14-8-4-3-7-13(14)20)23-10-21-18-16(19(23)25)12-6-2-5-9-15(12)26-18/h3-4,7-8,10-11H,2,5-6,9H2,1H3,(H,22,24). The Bertz CT molecular complexity index is 1060. The van der Waals surface area contributed by atoms with Crippen LogP contribution in [-0.2, 0) is 17.6 Å². The van der Waals surface area contributed by atoms with Gasteiger partial charge in [-0.1, -0.05) is 23.7 Å². The van der Waals surface area contributed by atoms with E-state index in [0.717, 1.165) is 36.1 Å². The average molecular weight is 388 g/mol. The summed E-state index contributed by atoms with van der Waals surface area (Å²) in [6.07, 6.45) is 5.65. The molecular weight excluding hydrogens is 370 g/mol. The van der Waals surface area contributed by atoms with Gasteiger partial charge in [-0.3, -0.25) is 14.2 Å². The molecule has 1 amide bonds. The summed E-state index contributed by atoms with van der Waals surface area (Å²) in [5, 5.41) is 3.93. The van der Waals surface area contributed by atoms with Crippen molar-refractivity contribution in [1.82, 2.24) is 9.55 Å². The van der Waals surface area contributed by atoms with Crippen molar-refractivity contribution in [2.24, 2.45) is 0 Å². The van der Waals surface area contributed by atoms with E-state index in [1.807, 2.05) is 0 Å². The number of carbonyl (C=O) groups excluding carboxylic acids is 1. The number of hydrogen-bond donors (Lipinski definition) is 1. The summed E-state index contributed by atoms with van der Waals surface area (Å²) in [7, 11) is 0. The normalized spacial score (nSPS) is 14.8. The highest BCUT2D eigenvalue weighted by molar-refractivity contribution is 7.18. The second kappa shape index (κ2) is 6.85. The fraction of sp³-hybridized carbons (Fsp3) is 0.316. The minimum atomic E-state index is -0.685. The Hall–Kier alpha value is -2.18. The van der Waals surface area contributed by atoms with Crippen molar-refractivity contribution in [3.63, 3.8) is 0 Å². The van der Waals surface area contributed by atoms with Crippen LogP contribution in [0.25, 0.3) is 10.2 Å². The van der Waals surface area contributed by atoms with Crippen LogP contribution in [0.5, 0.6) is 0 Å². The number of para-hydroxylation sites is 1. The second-order valence-electron chi connectivity index (χ2n) is 6.49. The fourth-order valence-electron chi connectivity index (χ4n) is 3.36. The molecule has 7 heteroatoms. The Kier molecular flexibility index (Phi) is 4.54. The number of hydrogen-bond acceptors (Lipinski definition) is 4. The zero-order valence-corrected chi connectivity index (χ0v) is 15.9. The molecule has 1 N–H and O–H groups in total. The Morgan fingerprint density at radius 3 is 2.88 bits per heavy atom. The Labute approximate surface area is 159 Å². The lowest BCUT2D eigenvalue weighted by atomic mass is 9.97. The van der Waals surface area contributed by atoms with Crippen LogP contribution in [0.2, 0.25) is 5.02 Å². The summed E-state index contributed by atoms with van der Waals surface area (Å²) in [5.74, 6) is -0.301. The molecule has 2 aromatic heterocycles. The summed E-state index contributed by atoms with van der Waals surface area (Å²) in [4.78, 5) is 32.2. The van der Waals surface area contributed by atoms with E-state index in [2.05, 4.69) is 10.3 Å². The quantitative estimate of drug-likeness (QED) is 0.732. The van der Waals surface area contributed by atoms with Crippen molar-refractivity contribution in [3.05, 3.63) is 56.4 Å². The summed E-state index contributed by atoms with van der Waals surface area (Å²) in [6, 6.07) is 6.34. The predicted molar refractivity (Wildman–Crippen MR) is 105 cm³/mol. The SMILES string of the molecule is CC(C(=O)Nc1ccccc1Cl)n1cnc2sc3c(c2c1=O)CCCC3. The smallest absolute Gasteiger partial charge is 0.263 e. The third-order valence-corrected chi connectivity index (χ3v) is 6.36. The van der Waals surface area contributed by atoms with E-state index in [4.69, 9.17) is 11.6 Å². The average Bonchev–Trinajstić information content (AvgIpc) is 3.02. The molecule has 1 aliphatic rings. The number of carbonyl (C=O) groups is 1. The van der Waals surface area contributed by atoms with E-state index in [1.165, 1.54) is 15.8 Å². The van der Waals surface area contributed by atoms with Crippen LogP contribution in [0.15, 0.2) is 35.4 Å². The molecule has 0 bridgehead atoms. The lowest BCUT2D eigenvalue weighted by Crippen LogP contribution is -2.32. The van der Waals surface area contributed by atoms with Crippen molar-refractivity contribution < 1.29 is 4.79 Å². The van der Waals surface area contributed by atoms with Gasteiger partial charge in [0.25, 0.3) is 5.56 Å². The molecule has 0 spiro atoms. The first-order valence-corrected chi connectivity index (χ1v) is 9.82. The number of aromatic nitrogens is 2. The van der Waals surface area contributed by atoms with Crippen molar-refractivity contribution in [3.8, 4) is 0 Å². The summed E-state index contributed by atoms with van der Waals surface area (Å²) >= 11 is 7.70. The fourth-order valence-corrected chi connectivity index (χ4v) is 4.76. The summed E-state index contributed by atoms with van der Waals surface area (Å²) < 4.78 is 1.41. The molecule has 1 aliphatic carbocycles. The van der Waals surface area contributed by atoms with Gasteiger partial charge < -0.3 is 5.32 Å². The van der Waals surface area contributed by atoms with Crippen LogP contribution in [-0.4, -0.2) is 15.5 Å². The van der Waals surface area contributed by atoms with Gasteiger partial charge in [-0.05, 0) is 50.3 Å². The zero-order valence-electron chi connectivity index (χ0n) is 14.3. The summed E-state index contributed by atoms with van der Waals surface area (Å²) in [5.41, 5.74) is 1.51. The third-order valence-electron chi connectivity index (χ3n) is 4.83. The van der Waals surface area contributed by atoms with Crippen LogP contribution in [0.1, 0.15) is 36.2 Å². The number of nitrogens with one attached hydrogen (secondary N) is 1. The molecule has 0 fully saturated rings. The topological polar surface area (TPSA) is 64.0 Å². The molecule has 0 saturated carbocycles. The van der Waals surface area contributed by atoms with Crippen molar-refractivity contribution in [1.29, 1.82) is 0 Å². The lowest BCUT2D eigenvalue weighted by molar-refractivity contribution is -0.118. The van der Waals surface area contributed by atoms with Gasteiger partial charge in [0, 0.05) is 4.88 Å². The molecule has 3 aromatic rings. The van der Waals surface area contributed by atoms with Crippen LogP contribution < -0.4 is 10.9 Å². The molecular formula is C19H18ClN3O2S. The van der Waals surface area contributed by atoms with E-state index < -0.39 is 6.04 Å². The number of halogens is 1. The first-order valence-electron chi connectivity index (χ1n) is 8.63. The first-order chi connectivity index (χ1) is 12.6. The Balaban J connectivity index is 1.70. The molecule has 0 radical (unpaired) electrons. The largest absolute Gasteiger partial charge is 0.323 e. The number of anilines is 1. The minimum absolute atomic E-state index is 0.142. The highest BCUT2D eigenvalue weighted by atomic mass is 35.5. The van der Waals surface area contributed by atoms with Gasteiger partial charge in [0.2, 0.25) is 5.91 Å². The highest BCUT2D eigenvalue weighted by Crippen LogP contribution is 2.33. The maximum absolute atomic E-state index is 13.1. The summed E-state index contributed by atoms with van der Waals surface area (Å²) in [6.45, 7) is 1.69. The van der Waals surface area contributed by atoms with E-state index >= 15 is 0 Å². The van der Waals surface area contributed by atoms with Gasteiger partial charge in [-0.15, -0.1) is 11.3 Å². The molecule has 4 rings (SSSR count). The predicted octanol–water partition coefficient (Wildman–Crippen LogP) is 4.19. The molecule has 0 saturated heterocycles. The van der Waals surface area contributed by atoms with E-state index in [-0.39, 0.29) is 11.5 Å². The van der Waals surface area contributed by atoms with Gasteiger partial charge >= 0.3 is 0 Å². The van der Waals surface area contributed by atoms with Gasteiger partial charge in [-0.25, -0.2) is 4.98 Å². The monoisotopic (exact) mass is 387 g/mol. The van der Waals surface area contributed by atoms with Gasteiger partial charge in [0.1, 0.15) is 10.9 Å². The van der Waals surface area contributed by atoms with Crippen molar-refractivity contribution in [2.45, 2.75) is 38.6 Å². The molecule has 0 aliphatic heterocycles. The van der Waals surface area contributed by atoms with Crippen LogP contribution in [0.3, 0.4) is 0 Å². The molecule has 1 aromatic carbocycles. The number of aryl methyl sites for hydroxylation is 2.